The van der Waals surface area contributed by atoms with Gasteiger partial charge in [0.1, 0.15) is 5.75 Å². The highest BCUT2D eigenvalue weighted by Crippen LogP contribution is 2.25. The van der Waals surface area contributed by atoms with Crippen molar-refractivity contribution in [1.29, 1.82) is 0 Å². The first kappa shape index (κ1) is 19.3. The molecule has 9 nitrogen and oxygen atoms in total. The number of carbonyl (C=O) groups is 3. The monoisotopic (exact) mass is 406 g/mol. The number of aryl methyl sites for hydroxylation is 1. The van der Waals surface area contributed by atoms with Gasteiger partial charge in [0.15, 0.2) is 0 Å². The number of hydrogen-bond acceptors (Lipinski definition) is 7. The summed E-state index contributed by atoms with van der Waals surface area (Å²) in [6.45, 7) is 0. The minimum absolute atomic E-state index is 0.119. The summed E-state index contributed by atoms with van der Waals surface area (Å²) in [5, 5.41) is 6.65. The third-order valence-corrected chi connectivity index (χ3v) is 4.76. The van der Waals surface area contributed by atoms with E-state index in [4.69, 9.17) is 9.26 Å². The van der Waals surface area contributed by atoms with Gasteiger partial charge < -0.3 is 14.6 Å². The van der Waals surface area contributed by atoms with E-state index in [1.807, 2.05) is 12.1 Å². The normalized spacial score (nSPS) is 12.8. The highest BCUT2D eigenvalue weighted by atomic mass is 16.5. The molecule has 0 aliphatic carbocycles. The lowest BCUT2D eigenvalue weighted by atomic mass is 10.1. The van der Waals surface area contributed by atoms with Crippen LogP contribution in [0, 0.1) is 0 Å². The Morgan fingerprint density at radius 3 is 2.57 bits per heavy atom. The Balaban J connectivity index is 1.36. The first-order valence-electron chi connectivity index (χ1n) is 9.19. The summed E-state index contributed by atoms with van der Waals surface area (Å²) in [4.78, 5) is 41.6. The average Bonchev–Trinajstić information content (AvgIpc) is 3.32. The number of hydrogen-bond donors (Lipinski definition) is 1. The second-order valence-corrected chi connectivity index (χ2v) is 6.72. The van der Waals surface area contributed by atoms with Crippen LogP contribution in [-0.2, 0) is 11.2 Å². The van der Waals surface area contributed by atoms with Crippen LogP contribution in [0.15, 0.2) is 47.0 Å². The lowest BCUT2D eigenvalue weighted by Gasteiger charge is -2.05. The third-order valence-electron chi connectivity index (χ3n) is 4.76. The molecule has 1 aliphatic heterocycles. The zero-order valence-electron chi connectivity index (χ0n) is 16.3. The van der Waals surface area contributed by atoms with E-state index in [1.54, 1.807) is 25.3 Å². The predicted octanol–water partition coefficient (Wildman–Crippen LogP) is 2.54. The molecule has 1 aromatic heterocycles. The standard InChI is InChI=1S/C21H18N4O5/c1-25-20(27)15-8-5-13(11-16(15)21(25)28)22-17(26)9-10-18-23-19(24-30-18)12-3-6-14(29-2)7-4-12/h3-8,11H,9-10H2,1-2H3,(H,22,26). The van der Waals surface area contributed by atoms with Crippen LogP contribution in [0.4, 0.5) is 5.69 Å². The van der Waals surface area contributed by atoms with E-state index in [9.17, 15) is 14.4 Å². The Morgan fingerprint density at radius 2 is 1.83 bits per heavy atom. The molecule has 1 aliphatic rings. The van der Waals surface area contributed by atoms with Crippen molar-refractivity contribution in [2.24, 2.45) is 0 Å². The first-order chi connectivity index (χ1) is 14.5. The van der Waals surface area contributed by atoms with Crippen LogP contribution in [-0.4, -0.2) is 46.9 Å². The Labute approximate surface area is 171 Å². The molecule has 0 saturated carbocycles. The van der Waals surface area contributed by atoms with Crippen molar-refractivity contribution in [3.63, 3.8) is 0 Å². The molecule has 0 unspecified atom stereocenters. The minimum Gasteiger partial charge on any atom is -0.497 e. The van der Waals surface area contributed by atoms with Crippen LogP contribution in [0.5, 0.6) is 5.75 Å². The number of nitrogens with one attached hydrogen (secondary N) is 1. The van der Waals surface area contributed by atoms with Gasteiger partial charge in [-0.3, -0.25) is 19.3 Å². The average molecular weight is 406 g/mol. The molecule has 0 saturated heterocycles. The van der Waals surface area contributed by atoms with Crippen molar-refractivity contribution in [1.82, 2.24) is 15.0 Å². The van der Waals surface area contributed by atoms with Crippen LogP contribution >= 0.6 is 0 Å². The maximum atomic E-state index is 12.3. The van der Waals surface area contributed by atoms with Crippen molar-refractivity contribution in [2.45, 2.75) is 12.8 Å². The molecule has 1 N–H and O–H groups in total. The number of imide groups is 1. The molecule has 3 aromatic rings. The Bertz CT molecular complexity index is 1140. The van der Waals surface area contributed by atoms with Crippen LogP contribution in [0.1, 0.15) is 33.0 Å². The van der Waals surface area contributed by atoms with E-state index in [-0.39, 0.29) is 36.1 Å². The Kier molecular flexibility index (Phi) is 5.01. The molecule has 3 amide bonds. The second kappa shape index (κ2) is 7.78. The fourth-order valence-corrected chi connectivity index (χ4v) is 3.10. The smallest absolute Gasteiger partial charge is 0.261 e. The number of benzene rings is 2. The number of fused-ring (bicyclic) bond motifs is 1. The second-order valence-electron chi connectivity index (χ2n) is 6.72. The van der Waals surface area contributed by atoms with Crippen molar-refractivity contribution < 1.29 is 23.6 Å². The number of aromatic nitrogens is 2. The van der Waals surface area contributed by atoms with Gasteiger partial charge in [0, 0.05) is 31.1 Å². The molecular formula is C21H18N4O5. The molecule has 2 aromatic carbocycles. The molecule has 2 heterocycles. The van der Waals surface area contributed by atoms with Crippen LogP contribution in [0.2, 0.25) is 0 Å². The summed E-state index contributed by atoms with van der Waals surface area (Å²) >= 11 is 0. The molecule has 4 rings (SSSR count). The summed E-state index contributed by atoms with van der Waals surface area (Å²) < 4.78 is 10.3. The number of nitrogens with zero attached hydrogens (tertiary/aromatic N) is 3. The van der Waals surface area contributed by atoms with Gasteiger partial charge in [-0.05, 0) is 42.5 Å². The van der Waals surface area contributed by atoms with E-state index in [2.05, 4.69) is 15.5 Å². The molecule has 0 radical (unpaired) electrons. The maximum absolute atomic E-state index is 12.3. The van der Waals surface area contributed by atoms with Gasteiger partial charge in [-0.1, -0.05) is 5.16 Å². The van der Waals surface area contributed by atoms with E-state index in [0.29, 0.717) is 23.0 Å². The zero-order chi connectivity index (χ0) is 21.3. The van der Waals surface area contributed by atoms with Gasteiger partial charge in [-0.25, -0.2) is 0 Å². The van der Waals surface area contributed by atoms with Crippen LogP contribution in [0.25, 0.3) is 11.4 Å². The number of rotatable bonds is 6. The number of amides is 3. The highest BCUT2D eigenvalue weighted by Gasteiger charge is 2.32. The van der Waals surface area contributed by atoms with Crippen molar-refractivity contribution in [3.05, 3.63) is 59.5 Å². The van der Waals surface area contributed by atoms with Crippen LogP contribution < -0.4 is 10.1 Å². The molecule has 0 spiro atoms. The van der Waals surface area contributed by atoms with Gasteiger partial charge in [0.05, 0.1) is 18.2 Å². The fourth-order valence-electron chi connectivity index (χ4n) is 3.10. The lowest BCUT2D eigenvalue weighted by Crippen LogP contribution is -2.24. The first-order valence-corrected chi connectivity index (χ1v) is 9.19. The Morgan fingerprint density at radius 1 is 1.10 bits per heavy atom. The largest absolute Gasteiger partial charge is 0.497 e. The molecule has 9 heteroatoms. The predicted molar refractivity (Wildman–Crippen MR) is 106 cm³/mol. The summed E-state index contributed by atoms with van der Waals surface area (Å²) in [6.07, 6.45) is 0.383. The molecule has 0 fully saturated rings. The van der Waals surface area contributed by atoms with Gasteiger partial charge in [-0.15, -0.1) is 0 Å². The highest BCUT2D eigenvalue weighted by molar-refractivity contribution is 6.21. The molecule has 0 atom stereocenters. The fraction of sp³-hybridized carbons (Fsp3) is 0.190. The van der Waals surface area contributed by atoms with Gasteiger partial charge in [-0.2, -0.15) is 4.98 Å². The summed E-state index contributed by atoms with van der Waals surface area (Å²) in [5.74, 6) is 0.485. The third kappa shape index (κ3) is 3.64. The van der Waals surface area contributed by atoms with E-state index >= 15 is 0 Å². The zero-order valence-corrected chi connectivity index (χ0v) is 16.3. The molecular weight excluding hydrogens is 388 g/mol. The summed E-state index contributed by atoms with van der Waals surface area (Å²) in [7, 11) is 3.01. The minimum atomic E-state index is -0.386. The van der Waals surface area contributed by atoms with E-state index < -0.39 is 0 Å². The molecule has 0 bridgehead atoms. The molecule has 30 heavy (non-hydrogen) atoms. The van der Waals surface area contributed by atoms with Crippen molar-refractivity contribution in [2.75, 3.05) is 19.5 Å². The quantitative estimate of drug-likeness (QED) is 0.626. The van der Waals surface area contributed by atoms with Crippen molar-refractivity contribution in [3.8, 4) is 17.1 Å². The number of methoxy groups -OCH3 is 1. The SMILES string of the molecule is COc1ccc(-c2noc(CCC(=O)Nc3ccc4c(c3)C(=O)N(C)C4=O)n2)cc1. The van der Waals surface area contributed by atoms with E-state index in [0.717, 1.165) is 16.2 Å². The molecule has 152 valence electrons. The van der Waals surface area contributed by atoms with Crippen molar-refractivity contribution >= 4 is 23.4 Å². The number of anilines is 1. The van der Waals surface area contributed by atoms with Gasteiger partial charge >= 0.3 is 0 Å². The number of ether oxygens (including phenoxy) is 1. The summed E-state index contributed by atoms with van der Waals surface area (Å²) in [5.41, 5.74) is 1.83. The van der Waals surface area contributed by atoms with E-state index in [1.165, 1.54) is 19.2 Å². The maximum Gasteiger partial charge on any atom is 0.261 e. The lowest BCUT2D eigenvalue weighted by molar-refractivity contribution is -0.116. The summed E-state index contributed by atoms with van der Waals surface area (Å²) in [6, 6.07) is 11.9. The Hall–Kier alpha value is -4.01. The topological polar surface area (TPSA) is 115 Å². The van der Waals surface area contributed by atoms with Crippen LogP contribution in [0.3, 0.4) is 0 Å². The van der Waals surface area contributed by atoms with Gasteiger partial charge in [0.2, 0.25) is 17.6 Å². The van der Waals surface area contributed by atoms with Gasteiger partial charge in [0.25, 0.3) is 11.8 Å². The number of carbonyl (C=O) groups excluding carboxylic acids is 3.